The second kappa shape index (κ2) is 9.20. The Hall–Kier alpha value is -2.60. The van der Waals surface area contributed by atoms with Crippen LogP contribution in [0.15, 0.2) is 48.7 Å². The Balaban J connectivity index is 1.55. The highest BCUT2D eigenvalue weighted by molar-refractivity contribution is 5.93. The molecule has 1 aliphatic rings. The number of methoxy groups -OCH3 is 1. The second-order valence-electron chi connectivity index (χ2n) is 6.32. The minimum absolute atomic E-state index is 0.00162. The lowest BCUT2D eigenvalue weighted by Crippen LogP contribution is -2.49. The van der Waals surface area contributed by atoms with Crippen LogP contribution in [0.3, 0.4) is 0 Å². The molecule has 1 saturated heterocycles. The number of ether oxygens (including phenoxy) is 1. The van der Waals surface area contributed by atoms with Crippen LogP contribution in [-0.4, -0.2) is 62.2 Å². The molecule has 0 atom stereocenters. The number of rotatable bonds is 7. The van der Waals surface area contributed by atoms with Crippen LogP contribution >= 0.6 is 0 Å². The maximum atomic E-state index is 12.8. The van der Waals surface area contributed by atoms with E-state index in [0.29, 0.717) is 18.8 Å². The highest BCUT2D eigenvalue weighted by Crippen LogP contribution is 2.17. The summed E-state index contributed by atoms with van der Waals surface area (Å²) in [6.45, 7) is 4.62. The zero-order chi connectivity index (χ0) is 18.2. The van der Waals surface area contributed by atoms with Crippen LogP contribution in [0, 0.1) is 0 Å². The Labute approximate surface area is 154 Å². The molecule has 1 N–H and O–H groups in total. The number of carbonyl (C=O) groups is 1. The van der Waals surface area contributed by atoms with Gasteiger partial charge in [0.15, 0.2) is 0 Å². The van der Waals surface area contributed by atoms with Gasteiger partial charge in [-0.15, -0.1) is 0 Å². The normalized spacial score (nSPS) is 14.3. The van der Waals surface area contributed by atoms with Crippen molar-refractivity contribution in [3.63, 3.8) is 0 Å². The maximum absolute atomic E-state index is 12.8. The van der Waals surface area contributed by atoms with Gasteiger partial charge in [-0.05, 0) is 30.7 Å². The van der Waals surface area contributed by atoms with Crippen molar-refractivity contribution in [3.05, 3.63) is 54.4 Å². The van der Waals surface area contributed by atoms with Gasteiger partial charge in [0.1, 0.15) is 5.69 Å². The smallest absolute Gasteiger partial charge is 0.272 e. The molecule has 2 heterocycles. The van der Waals surface area contributed by atoms with Crippen molar-refractivity contribution in [3.8, 4) is 0 Å². The van der Waals surface area contributed by atoms with Gasteiger partial charge in [-0.25, -0.2) is 0 Å². The summed E-state index contributed by atoms with van der Waals surface area (Å²) in [5.74, 6) is -0.00162. The van der Waals surface area contributed by atoms with Gasteiger partial charge >= 0.3 is 0 Å². The molecule has 1 aromatic carbocycles. The Bertz CT molecular complexity index is 700. The molecule has 1 aliphatic heterocycles. The number of piperazine rings is 1. The van der Waals surface area contributed by atoms with Crippen LogP contribution in [0.25, 0.3) is 0 Å². The first-order valence-corrected chi connectivity index (χ1v) is 9.06. The summed E-state index contributed by atoms with van der Waals surface area (Å²) < 4.78 is 5.04. The Kier molecular flexibility index (Phi) is 6.44. The molecular formula is C20H26N4O2. The van der Waals surface area contributed by atoms with E-state index in [1.54, 1.807) is 13.3 Å². The summed E-state index contributed by atoms with van der Waals surface area (Å²) in [5.41, 5.74) is 2.62. The predicted octanol–water partition coefficient (Wildman–Crippen LogP) is 2.49. The SMILES string of the molecule is COCCCNc1ccnc(C(=O)N2CCN(c3ccccc3)CC2)c1. The minimum atomic E-state index is -0.00162. The van der Waals surface area contributed by atoms with Crippen LogP contribution < -0.4 is 10.2 Å². The first kappa shape index (κ1) is 18.2. The van der Waals surface area contributed by atoms with E-state index >= 15 is 0 Å². The fraction of sp³-hybridized carbons (Fsp3) is 0.400. The molecule has 1 amide bonds. The molecule has 2 aromatic rings. The van der Waals surface area contributed by atoms with Gasteiger partial charge in [0.25, 0.3) is 5.91 Å². The molecule has 0 radical (unpaired) electrons. The van der Waals surface area contributed by atoms with Crippen molar-refractivity contribution in [1.29, 1.82) is 0 Å². The first-order chi connectivity index (χ1) is 12.8. The molecule has 0 spiro atoms. The molecule has 3 rings (SSSR count). The van der Waals surface area contributed by atoms with Crippen LogP contribution in [-0.2, 0) is 4.74 Å². The van der Waals surface area contributed by atoms with Crippen LogP contribution in [0.2, 0.25) is 0 Å². The molecule has 1 fully saturated rings. The van der Waals surface area contributed by atoms with E-state index in [1.807, 2.05) is 35.2 Å². The van der Waals surface area contributed by atoms with Gasteiger partial charge in [-0.1, -0.05) is 18.2 Å². The van der Waals surface area contributed by atoms with Gasteiger partial charge in [-0.3, -0.25) is 9.78 Å². The van der Waals surface area contributed by atoms with Gasteiger partial charge in [-0.2, -0.15) is 0 Å². The summed E-state index contributed by atoms with van der Waals surface area (Å²) in [5, 5.41) is 3.31. The van der Waals surface area contributed by atoms with Crippen molar-refractivity contribution in [1.82, 2.24) is 9.88 Å². The monoisotopic (exact) mass is 354 g/mol. The van der Waals surface area contributed by atoms with Crippen molar-refractivity contribution in [2.75, 3.05) is 56.7 Å². The molecular weight excluding hydrogens is 328 g/mol. The van der Waals surface area contributed by atoms with Crippen LogP contribution in [0.4, 0.5) is 11.4 Å². The van der Waals surface area contributed by atoms with Crippen molar-refractivity contribution in [2.24, 2.45) is 0 Å². The van der Waals surface area contributed by atoms with E-state index in [-0.39, 0.29) is 5.91 Å². The minimum Gasteiger partial charge on any atom is -0.385 e. The number of pyridine rings is 1. The zero-order valence-electron chi connectivity index (χ0n) is 15.2. The summed E-state index contributed by atoms with van der Waals surface area (Å²) in [4.78, 5) is 21.2. The first-order valence-electron chi connectivity index (χ1n) is 9.06. The number of hydrogen-bond acceptors (Lipinski definition) is 5. The van der Waals surface area contributed by atoms with Gasteiger partial charge in [0.2, 0.25) is 0 Å². The average molecular weight is 354 g/mol. The summed E-state index contributed by atoms with van der Waals surface area (Å²) in [7, 11) is 1.70. The predicted molar refractivity (Wildman–Crippen MR) is 104 cm³/mol. The number of nitrogens with zero attached hydrogens (tertiary/aromatic N) is 3. The molecule has 26 heavy (non-hydrogen) atoms. The molecule has 0 unspecified atom stereocenters. The van der Waals surface area contributed by atoms with Gasteiger partial charge < -0.3 is 19.9 Å². The highest BCUT2D eigenvalue weighted by Gasteiger charge is 2.23. The lowest BCUT2D eigenvalue weighted by Gasteiger charge is -2.36. The molecule has 0 saturated carbocycles. The lowest BCUT2D eigenvalue weighted by atomic mass is 10.2. The zero-order valence-corrected chi connectivity index (χ0v) is 15.2. The van der Waals surface area contributed by atoms with E-state index in [4.69, 9.17) is 4.74 Å². The third kappa shape index (κ3) is 4.73. The van der Waals surface area contributed by atoms with E-state index < -0.39 is 0 Å². The second-order valence-corrected chi connectivity index (χ2v) is 6.32. The maximum Gasteiger partial charge on any atom is 0.272 e. The Morgan fingerprint density at radius 2 is 1.92 bits per heavy atom. The van der Waals surface area contributed by atoms with E-state index in [0.717, 1.165) is 38.3 Å². The van der Waals surface area contributed by atoms with Gasteiger partial charge in [0, 0.05) is 64.0 Å². The summed E-state index contributed by atoms with van der Waals surface area (Å²) >= 11 is 0. The van der Waals surface area contributed by atoms with Gasteiger partial charge in [0.05, 0.1) is 0 Å². The quantitative estimate of drug-likeness (QED) is 0.774. The van der Waals surface area contributed by atoms with Crippen LogP contribution in [0.1, 0.15) is 16.9 Å². The Morgan fingerprint density at radius 1 is 1.15 bits per heavy atom. The number of carbonyl (C=O) groups excluding carboxylic acids is 1. The average Bonchev–Trinajstić information content (AvgIpc) is 2.72. The van der Waals surface area contributed by atoms with E-state index in [1.165, 1.54) is 5.69 Å². The van der Waals surface area contributed by atoms with Crippen molar-refractivity contribution >= 4 is 17.3 Å². The van der Waals surface area contributed by atoms with E-state index in [2.05, 4.69) is 27.3 Å². The van der Waals surface area contributed by atoms with Crippen molar-refractivity contribution in [2.45, 2.75) is 6.42 Å². The number of aromatic nitrogens is 1. The molecule has 0 bridgehead atoms. The molecule has 0 aliphatic carbocycles. The fourth-order valence-electron chi connectivity index (χ4n) is 3.08. The number of hydrogen-bond donors (Lipinski definition) is 1. The molecule has 138 valence electrons. The fourth-order valence-corrected chi connectivity index (χ4v) is 3.08. The third-order valence-corrected chi connectivity index (χ3v) is 4.52. The van der Waals surface area contributed by atoms with Crippen LogP contribution in [0.5, 0.6) is 0 Å². The number of benzene rings is 1. The molecule has 1 aromatic heterocycles. The summed E-state index contributed by atoms with van der Waals surface area (Å²) in [6, 6.07) is 14.0. The highest BCUT2D eigenvalue weighted by atomic mass is 16.5. The molecule has 6 nitrogen and oxygen atoms in total. The third-order valence-electron chi connectivity index (χ3n) is 4.52. The lowest BCUT2D eigenvalue weighted by molar-refractivity contribution is 0.0741. The number of nitrogens with one attached hydrogen (secondary N) is 1. The Morgan fingerprint density at radius 3 is 2.65 bits per heavy atom. The largest absolute Gasteiger partial charge is 0.385 e. The molecule has 6 heteroatoms. The topological polar surface area (TPSA) is 57.7 Å². The number of para-hydroxylation sites is 1. The summed E-state index contributed by atoms with van der Waals surface area (Å²) in [6.07, 6.45) is 2.61. The number of amides is 1. The van der Waals surface area contributed by atoms with Crippen molar-refractivity contribution < 1.29 is 9.53 Å². The number of anilines is 2. The standard InChI is InChI=1S/C20H26N4O2/c1-26-15-5-9-21-17-8-10-22-19(16-17)20(25)24-13-11-23(12-14-24)18-6-3-2-4-7-18/h2-4,6-8,10,16H,5,9,11-15H2,1H3,(H,21,22). The van der Waals surface area contributed by atoms with E-state index in [9.17, 15) is 4.79 Å².